The molecule has 5 rings (SSSR count). The second-order valence-corrected chi connectivity index (χ2v) is 11.1. The standard InChI is InChI=1S/C28H30ClN5O2/c1-28(2,3)36-27(35)33-16-22-14-23(29)11-12-24(22)34-25(17-33)31-32-26(34)20-9-7-19(8-10-20)21-6-4-5-18(13-21)15-30/h4-6,11-14,19-20H,7-10,16-17H2,1-3H3/t19-,20-. The zero-order valence-corrected chi connectivity index (χ0v) is 21.6. The summed E-state index contributed by atoms with van der Waals surface area (Å²) in [5, 5.41) is 19.1. The summed E-state index contributed by atoms with van der Waals surface area (Å²) in [5.74, 6) is 2.36. The smallest absolute Gasteiger partial charge is 0.411 e. The predicted molar refractivity (Wildman–Crippen MR) is 137 cm³/mol. The third-order valence-electron chi connectivity index (χ3n) is 6.96. The summed E-state index contributed by atoms with van der Waals surface area (Å²) >= 11 is 6.35. The van der Waals surface area contributed by atoms with E-state index in [9.17, 15) is 10.1 Å². The van der Waals surface area contributed by atoms with Crippen LogP contribution in [0.2, 0.25) is 5.02 Å². The molecular formula is C28H30ClN5O2. The molecular weight excluding hydrogens is 474 g/mol. The number of nitriles is 1. The van der Waals surface area contributed by atoms with E-state index in [1.165, 1.54) is 5.56 Å². The van der Waals surface area contributed by atoms with E-state index < -0.39 is 5.60 Å². The Hall–Kier alpha value is -3.37. The molecule has 2 heterocycles. The van der Waals surface area contributed by atoms with Gasteiger partial charge >= 0.3 is 6.09 Å². The van der Waals surface area contributed by atoms with Crippen LogP contribution in [-0.4, -0.2) is 31.4 Å². The fourth-order valence-electron chi connectivity index (χ4n) is 5.29. The number of aromatic nitrogens is 3. The first-order valence-electron chi connectivity index (χ1n) is 12.4. The fraction of sp³-hybridized carbons (Fsp3) is 0.429. The Kier molecular flexibility index (Phi) is 6.48. The van der Waals surface area contributed by atoms with Gasteiger partial charge in [0.1, 0.15) is 11.4 Å². The van der Waals surface area contributed by atoms with Gasteiger partial charge in [-0.3, -0.25) is 9.47 Å². The van der Waals surface area contributed by atoms with Crippen molar-refractivity contribution >= 4 is 17.7 Å². The van der Waals surface area contributed by atoms with E-state index in [4.69, 9.17) is 16.3 Å². The first kappa shape index (κ1) is 24.3. The van der Waals surface area contributed by atoms with Gasteiger partial charge in [-0.05, 0) is 93.8 Å². The van der Waals surface area contributed by atoms with E-state index >= 15 is 0 Å². The third-order valence-corrected chi connectivity index (χ3v) is 7.20. The number of rotatable bonds is 2. The Morgan fingerprint density at radius 2 is 1.81 bits per heavy atom. The van der Waals surface area contributed by atoms with Gasteiger partial charge in [-0.2, -0.15) is 5.26 Å². The minimum atomic E-state index is -0.592. The Morgan fingerprint density at radius 3 is 2.53 bits per heavy atom. The zero-order valence-electron chi connectivity index (χ0n) is 20.9. The molecule has 0 N–H and O–H groups in total. The number of fused-ring (bicyclic) bond motifs is 3. The summed E-state index contributed by atoms with van der Waals surface area (Å²) in [5.41, 5.74) is 3.26. The average molecular weight is 504 g/mol. The van der Waals surface area contributed by atoms with E-state index in [0.29, 0.717) is 29.6 Å². The SMILES string of the molecule is CC(C)(C)OC(=O)N1Cc2cc(Cl)ccc2-n2c(nnc2[C@H]2CC[C@H](c3cccc(C#N)c3)CC2)C1. The molecule has 1 aliphatic carbocycles. The molecule has 0 saturated heterocycles. The lowest BCUT2D eigenvalue weighted by molar-refractivity contribution is 0.0214. The van der Waals surface area contributed by atoms with E-state index in [0.717, 1.165) is 48.6 Å². The number of halogens is 1. The number of hydrogen-bond donors (Lipinski definition) is 0. The second-order valence-electron chi connectivity index (χ2n) is 10.7. The molecule has 1 amide bonds. The lowest BCUT2D eigenvalue weighted by Crippen LogP contribution is -2.35. The van der Waals surface area contributed by atoms with Crippen molar-refractivity contribution in [3.63, 3.8) is 0 Å². The number of nitrogens with zero attached hydrogens (tertiary/aromatic N) is 5. The van der Waals surface area contributed by atoms with Gasteiger partial charge in [0.15, 0.2) is 5.82 Å². The maximum Gasteiger partial charge on any atom is 0.411 e. The normalized spacial score (nSPS) is 19.6. The molecule has 2 aliphatic rings. The highest BCUT2D eigenvalue weighted by molar-refractivity contribution is 6.30. The Morgan fingerprint density at radius 1 is 1.06 bits per heavy atom. The van der Waals surface area contributed by atoms with Gasteiger partial charge in [0.2, 0.25) is 0 Å². The van der Waals surface area contributed by atoms with Gasteiger partial charge in [-0.1, -0.05) is 23.7 Å². The largest absolute Gasteiger partial charge is 0.444 e. The number of carbonyl (C=O) groups excluding carboxylic acids is 1. The Labute approximate surface area is 216 Å². The number of amides is 1. The van der Waals surface area contributed by atoms with Crippen molar-refractivity contribution in [3.8, 4) is 11.8 Å². The molecule has 36 heavy (non-hydrogen) atoms. The van der Waals surface area contributed by atoms with Crippen molar-refractivity contribution in [1.82, 2.24) is 19.7 Å². The van der Waals surface area contributed by atoms with Crippen molar-refractivity contribution in [1.29, 1.82) is 5.26 Å². The summed E-state index contributed by atoms with van der Waals surface area (Å²) in [6.07, 6.45) is 3.64. The van der Waals surface area contributed by atoms with Crippen molar-refractivity contribution in [3.05, 3.63) is 75.8 Å². The minimum Gasteiger partial charge on any atom is -0.444 e. The zero-order chi connectivity index (χ0) is 25.4. The molecule has 0 unspecified atom stereocenters. The fourth-order valence-corrected chi connectivity index (χ4v) is 5.49. The van der Waals surface area contributed by atoms with E-state index in [2.05, 4.69) is 26.9 Å². The van der Waals surface area contributed by atoms with E-state index in [-0.39, 0.29) is 12.0 Å². The first-order chi connectivity index (χ1) is 17.2. The highest BCUT2D eigenvalue weighted by atomic mass is 35.5. The highest BCUT2D eigenvalue weighted by Gasteiger charge is 2.33. The number of hydrogen-bond acceptors (Lipinski definition) is 5. The van der Waals surface area contributed by atoms with Gasteiger partial charge in [-0.15, -0.1) is 10.2 Å². The highest BCUT2D eigenvalue weighted by Crippen LogP contribution is 2.41. The monoisotopic (exact) mass is 503 g/mol. The van der Waals surface area contributed by atoms with Gasteiger partial charge in [0, 0.05) is 10.9 Å². The second kappa shape index (κ2) is 9.59. The maximum atomic E-state index is 13.0. The van der Waals surface area contributed by atoms with Crippen molar-refractivity contribution in [2.24, 2.45) is 0 Å². The molecule has 0 bridgehead atoms. The van der Waals surface area contributed by atoms with E-state index in [1.807, 2.05) is 57.2 Å². The van der Waals surface area contributed by atoms with Crippen LogP contribution < -0.4 is 0 Å². The Balaban J connectivity index is 1.43. The van der Waals surface area contributed by atoms with Crippen LogP contribution in [0.5, 0.6) is 0 Å². The Bertz CT molecular complexity index is 1330. The quantitative estimate of drug-likeness (QED) is 0.399. The van der Waals surface area contributed by atoms with Crippen LogP contribution in [0.3, 0.4) is 0 Å². The summed E-state index contributed by atoms with van der Waals surface area (Å²) in [4.78, 5) is 14.7. The van der Waals surface area contributed by atoms with Crippen LogP contribution in [0.15, 0.2) is 42.5 Å². The lowest BCUT2D eigenvalue weighted by atomic mass is 9.78. The molecule has 7 nitrogen and oxygen atoms in total. The van der Waals surface area contributed by atoms with Crippen LogP contribution >= 0.6 is 11.6 Å². The van der Waals surface area contributed by atoms with Crippen molar-refractivity contribution in [2.45, 2.75) is 77.0 Å². The molecule has 2 aromatic carbocycles. The predicted octanol–water partition coefficient (Wildman–Crippen LogP) is 6.48. The molecule has 1 aromatic heterocycles. The molecule has 0 radical (unpaired) electrons. The average Bonchev–Trinajstić information content (AvgIpc) is 3.18. The van der Waals surface area contributed by atoms with Crippen molar-refractivity contribution < 1.29 is 9.53 Å². The molecule has 1 saturated carbocycles. The van der Waals surface area contributed by atoms with Crippen LogP contribution in [0, 0.1) is 11.3 Å². The number of carbonyl (C=O) groups is 1. The molecule has 1 aliphatic heterocycles. The number of ether oxygens (including phenoxy) is 1. The van der Waals surface area contributed by atoms with Gasteiger partial charge in [-0.25, -0.2) is 4.79 Å². The van der Waals surface area contributed by atoms with Crippen LogP contribution in [0.4, 0.5) is 4.79 Å². The van der Waals surface area contributed by atoms with Gasteiger partial charge in [0.05, 0.1) is 30.4 Å². The van der Waals surface area contributed by atoms with Gasteiger partial charge in [0.25, 0.3) is 0 Å². The summed E-state index contributed by atoms with van der Waals surface area (Å²) in [6, 6.07) is 16.0. The molecule has 8 heteroatoms. The minimum absolute atomic E-state index is 0.262. The van der Waals surface area contributed by atoms with Crippen LogP contribution in [0.1, 0.15) is 86.6 Å². The topological polar surface area (TPSA) is 84.0 Å². The lowest BCUT2D eigenvalue weighted by Gasteiger charge is -2.29. The summed E-state index contributed by atoms with van der Waals surface area (Å²) in [6.45, 7) is 6.28. The summed E-state index contributed by atoms with van der Waals surface area (Å²) < 4.78 is 7.79. The van der Waals surface area contributed by atoms with Crippen LogP contribution in [-0.2, 0) is 17.8 Å². The van der Waals surface area contributed by atoms with Crippen molar-refractivity contribution in [2.75, 3.05) is 0 Å². The molecule has 1 fully saturated rings. The van der Waals surface area contributed by atoms with Crippen LogP contribution in [0.25, 0.3) is 5.69 Å². The molecule has 0 atom stereocenters. The number of benzene rings is 2. The molecule has 3 aromatic rings. The summed E-state index contributed by atoms with van der Waals surface area (Å²) in [7, 11) is 0. The maximum absolute atomic E-state index is 13.0. The molecule has 186 valence electrons. The first-order valence-corrected chi connectivity index (χ1v) is 12.8. The van der Waals surface area contributed by atoms with E-state index in [1.54, 1.807) is 4.90 Å². The van der Waals surface area contributed by atoms with Gasteiger partial charge < -0.3 is 4.74 Å². The third kappa shape index (κ3) is 4.96. The molecule has 0 spiro atoms.